The summed E-state index contributed by atoms with van der Waals surface area (Å²) in [5.41, 5.74) is 1.88. The topological polar surface area (TPSA) is 61.0 Å². The molecule has 2 aromatic rings. The Labute approximate surface area is 161 Å². The molecule has 0 amide bonds. The zero-order valence-electron chi connectivity index (χ0n) is 15.5. The summed E-state index contributed by atoms with van der Waals surface area (Å²) < 4.78 is 0. The number of halogens is 1. The number of carbonyl (C=O) groups excluding carboxylic acids is 1. The first kappa shape index (κ1) is 20.5. The van der Waals surface area contributed by atoms with Crippen molar-refractivity contribution in [2.24, 2.45) is 0 Å². The Balaban J connectivity index is 0.000000190. The van der Waals surface area contributed by atoms with Crippen LogP contribution in [0.15, 0.2) is 30.3 Å². The summed E-state index contributed by atoms with van der Waals surface area (Å²) in [6.07, 6.45) is 8.18. The van der Waals surface area contributed by atoms with Crippen LogP contribution < -0.4 is 5.32 Å². The molecule has 3 rings (SSSR count). The maximum atomic E-state index is 10.0. The largest absolute Gasteiger partial charge is 0.372 e. The van der Waals surface area contributed by atoms with Gasteiger partial charge in [0.1, 0.15) is 12.1 Å². The number of aromatic nitrogens is 2. The number of rotatable bonds is 7. The molecule has 2 N–H and O–H groups in total. The average Bonchev–Trinajstić information content (AvgIpc) is 3.16. The van der Waals surface area contributed by atoms with Gasteiger partial charge in [-0.1, -0.05) is 36.2 Å². The van der Waals surface area contributed by atoms with Crippen LogP contribution in [0.1, 0.15) is 38.5 Å². The molecule has 1 saturated heterocycles. The van der Waals surface area contributed by atoms with Crippen molar-refractivity contribution in [1.82, 2.24) is 15.1 Å². The van der Waals surface area contributed by atoms with Gasteiger partial charge in [-0.05, 0) is 51.4 Å². The molecular formula is C20H29ClN4O. The number of anilines is 1. The number of aldehydes is 1. The molecule has 1 fully saturated rings. The van der Waals surface area contributed by atoms with Crippen molar-refractivity contribution in [2.75, 3.05) is 32.0 Å². The number of benzene rings is 1. The Bertz CT molecular complexity index is 653. The van der Waals surface area contributed by atoms with Crippen molar-refractivity contribution in [3.05, 3.63) is 35.4 Å². The molecule has 2 heterocycles. The van der Waals surface area contributed by atoms with Gasteiger partial charge in [0.05, 0.1) is 5.69 Å². The number of hydrogen-bond donors (Lipinski definition) is 2. The van der Waals surface area contributed by atoms with Crippen LogP contribution in [0.4, 0.5) is 5.82 Å². The van der Waals surface area contributed by atoms with Gasteiger partial charge in [-0.3, -0.25) is 5.10 Å². The smallest absolute Gasteiger partial charge is 0.148 e. The van der Waals surface area contributed by atoms with Crippen LogP contribution >= 0.6 is 11.6 Å². The van der Waals surface area contributed by atoms with Crippen LogP contribution in [0.25, 0.3) is 11.3 Å². The second kappa shape index (κ2) is 11.7. The number of H-pyrrole nitrogens is 1. The van der Waals surface area contributed by atoms with Crippen LogP contribution in [0, 0.1) is 0 Å². The molecule has 0 spiro atoms. The van der Waals surface area contributed by atoms with Gasteiger partial charge >= 0.3 is 0 Å². The first-order chi connectivity index (χ1) is 12.7. The summed E-state index contributed by atoms with van der Waals surface area (Å²) in [7, 11) is 1.83. The molecule has 1 aromatic heterocycles. The van der Waals surface area contributed by atoms with Crippen LogP contribution in [0.2, 0.25) is 5.02 Å². The van der Waals surface area contributed by atoms with Crippen LogP contribution in [-0.2, 0) is 4.79 Å². The van der Waals surface area contributed by atoms with Gasteiger partial charge < -0.3 is 15.0 Å². The highest BCUT2D eigenvalue weighted by Crippen LogP contribution is 2.26. The van der Waals surface area contributed by atoms with Crippen molar-refractivity contribution >= 4 is 23.7 Å². The van der Waals surface area contributed by atoms with E-state index in [4.69, 9.17) is 11.6 Å². The zero-order chi connectivity index (χ0) is 18.6. The number of unbranched alkanes of at least 4 members (excludes halogenated alkanes) is 2. The third kappa shape index (κ3) is 6.81. The van der Waals surface area contributed by atoms with Gasteiger partial charge in [0.15, 0.2) is 0 Å². The van der Waals surface area contributed by atoms with E-state index < -0.39 is 0 Å². The highest BCUT2D eigenvalue weighted by atomic mass is 35.5. The summed E-state index contributed by atoms with van der Waals surface area (Å²) in [6.45, 7) is 3.76. The van der Waals surface area contributed by atoms with Gasteiger partial charge in [0.25, 0.3) is 0 Å². The van der Waals surface area contributed by atoms with Gasteiger partial charge in [-0.2, -0.15) is 5.10 Å². The summed E-state index contributed by atoms with van der Waals surface area (Å²) >= 11 is 6.04. The van der Waals surface area contributed by atoms with Crippen molar-refractivity contribution < 1.29 is 4.79 Å². The fourth-order valence-electron chi connectivity index (χ4n) is 3.01. The third-order valence-corrected chi connectivity index (χ3v) is 4.82. The van der Waals surface area contributed by atoms with Gasteiger partial charge in [-0.25, -0.2) is 0 Å². The number of carbonyl (C=O) groups is 1. The normalized spacial score (nSPS) is 14.4. The Morgan fingerprint density at radius 3 is 2.65 bits per heavy atom. The van der Waals surface area contributed by atoms with Crippen molar-refractivity contribution in [2.45, 2.75) is 38.5 Å². The standard InChI is InChI=1S/C10H10ClN3.C10H19NO/c1-12-10-6-9(13-14-10)7-4-2-3-5-8(7)11;12-10-6-2-5-9-11-7-3-1-4-8-11/h2-6H,1H3,(H2,12,13,14);10H,1-9H2. The molecule has 1 aliphatic rings. The molecule has 1 aromatic carbocycles. The lowest BCUT2D eigenvalue weighted by molar-refractivity contribution is -0.107. The molecule has 142 valence electrons. The molecule has 5 nitrogen and oxygen atoms in total. The second-order valence-corrected chi connectivity index (χ2v) is 6.87. The van der Waals surface area contributed by atoms with E-state index in [1.807, 2.05) is 37.4 Å². The molecular weight excluding hydrogens is 348 g/mol. The van der Waals surface area contributed by atoms with Gasteiger partial charge in [0.2, 0.25) is 0 Å². The Morgan fingerprint density at radius 1 is 1.23 bits per heavy atom. The van der Waals surface area contributed by atoms with Crippen LogP contribution in [-0.4, -0.2) is 48.1 Å². The molecule has 0 saturated carbocycles. The number of piperidine rings is 1. The van der Waals surface area contributed by atoms with E-state index in [1.54, 1.807) is 0 Å². The summed E-state index contributed by atoms with van der Waals surface area (Å²) in [6, 6.07) is 9.58. The van der Waals surface area contributed by atoms with E-state index in [2.05, 4.69) is 20.4 Å². The highest BCUT2D eigenvalue weighted by molar-refractivity contribution is 6.33. The van der Waals surface area contributed by atoms with E-state index in [9.17, 15) is 4.79 Å². The third-order valence-electron chi connectivity index (χ3n) is 4.49. The minimum Gasteiger partial charge on any atom is -0.372 e. The fraction of sp³-hybridized carbons (Fsp3) is 0.500. The highest BCUT2D eigenvalue weighted by Gasteiger charge is 2.08. The second-order valence-electron chi connectivity index (χ2n) is 6.46. The number of nitrogens with zero attached hydrogens (tertiary/aromatic N) is 2. The Morgan fingerprint density at radius 2 is 2.00 bits per heavy atom. The number of hydrogen-bond acceptors (Lipinski definition) is 4. The first-order valence-electron chi connectivity index (χ1n) is 9.38. The van der Waals surface area contributed by atoms with E-state index in [1.165, 1.54) is 45.3 Å². The number of aromatic amines is 1. The van der Waals surface area contributed by atoms with Crippen LogP contribution in [0.5, 0.6) is 0 Å². The molecule has 6 heteroatoms. The number of nitrogens with one attached hydrogen (secondary N) is 2. The summed E-state index contributed by atoms with van der Waals surface area (Å²) in [5, 5.41) is 10.6. The molecule has 1 aliphatic heterocycles. The molecule has 0 bridgehead atoms. The molecule has 0 atom stereocenters. The lowest BCUT2D eigenvalue weighted by atomic mass is 10.1. The minimum atomic E-state index is 0.721. The monoisotopic (exact) mass is 376 g/mol. The van der Waals surface area contributed by atoms with Gasteiger partial charge in [0, 0.05) is 30.1 Å². The van der Waals surface area contributed by atoms with E-state index in [-0.39, 0.29) is 0 Å². The quantitative estimate of drug-likeness (QED) is 0.547. The van der Waals surface area contributed by atoms with Crippen molar-refractivity contribution in [3.8, 4) is 11.3 Å². The maximum Gasteiger partial charge on any atom is 0.148 e. The predicted molar refractivity (Wildman–Crippen MR) is 109 cm³/mol. The number of likely N-dealkylation sites (tertiary alicyclic amines) is 1. The lowest BCUT2D eigenvalue weighted by Gasteiger charge is -2.26. The fourth-order valence-corrected chi connectivity index (χ4v) is 3.25. The van der Waals surface area contributed by atoms with Crippen molar-refractivity contribution in [1.29, 1.82) is 0 Å². The zero-order valence-corrected chi connectivity index (χ0v) is 16.3. The van der Waals surface area contributed by atoms with E-state index >= 15 is 0 Å². The maximum absolute atomic E-state index is 10.0. The van der Waals surface area contributed by atoms with Crippen molar-refractivity contribution in [3.63, 3.8) is 0 Å². The molecule has 0 unspecified atom stereocenters. The van der Waals surface area contributed by atoms with E-state index in [0.717, 1.165) is 41.2 Å². The molecule has 26 heavy (non-hydrogen) atoms. The summed E-state index contributed by atoms with van der Waals surface area (Å²) in [5.74, 6) is 0.805. The first-order valence-corrected chi connectivity index (χ1v) is 9.76. The summed E-state index contributed by atoms with van der Waals surface area (Å²) in [4.78, 5) is 12.6. The Kier molecular flexibility index (Phi) is 9.21. The molecule has 0 radical (unpaired) electrons. The SMILES string of the molecule is CNc1cc(-c2ccccc2Cl)[nH]n1.O=CCCCCN1CCCCC1. The predicted octanol–water partition coefficient (Wildman–Crippen LogP) is 4.61. The van der Waals surface area contributed by atoms with Crippen LogP contribution in [0.3, 0.4) is 0 Å². The lowest BCUT2D eigenvalue weighted by Crippen LogP contribution is -2.30. The van der Waals surface area contributed by atoms with Gasteiger partial charge in [-0.15, -0.1) is 0 Å². The Hall–Kier alpha value is -1.85. The minimum absolute atomic E-state index is 0.721. The van der Waals surface area contributed by atoms with E-state index in [0.29, 0.717) is 0 Å². The molecule has 0 aliphatic carbocycles. The average molecular weight is 377 g/mol.